The molecular formula is C33H39Cl2N3O5S. The molecular weight excluding hydrogens is 621 g/mol. The second-order valence-electron chi connectivity index (χ2n) is 11.0. The third kappa shape index (κ3) is 8.06. The number of methoxy groups -OCH3 is 1. The van der Waals surface area contributed by atoms with Gasteiger partial charge in [-0.3, -0.25) is 13.9 Å². The van der Waals surface area contributed by atoms with Crippen molar-refractivity contribution in [1.82, 2.24) is 10.2 Å². The molecule has 0 saturated heterocycles. The van der Waals surface area contributed by atoms with Gasteiger partial charge in [-0.2, -0.15) is 0 Å². The van der Waals surface area contributed by atoms with Crippen molar-refractivity contribution >= 4 is 50.7 Å². The van der Waals surface area contributed by atoms with E-state index in [9.17, 15) is 18.0 Å². The Morgan fingerprint density at radius 1 is 0.977 bits per heavy atom. The van der Waals surface area contributed by atoms with Gasteiger partial charge in [0.25, 0.3) is 10.0 Å². The number of carbonyl (C=O) groups is 2. The van der Waals surface area contributed by atoms with E-state index in [0.717, 1.165) is 42.0 Å². The summed E-state index contributed by atoms with van der Waals surface area (Å²) in [6, 6.07) is 17.2. The molecule has 0 bridgehead atoms. The monoisotopic (exact) mass is 659 g/mol. The first-order chi connectivity index (χ1) is 21.0. The molecule has 1 aliphatic rings. The van der Waals surface area contributed by atoms with Gasteiger partial charge in [-0.05, 0) is 68.1 Å². The first kappa shape index (κ1) is 33.6. The number of halogens is 2. The Labute approximate surface area is 270 Å². The first-order valence-corrected chi connectivity index (χ1v) is 17.0. The molecule has 0 spiro atoms. The number of hydrogen-bond donors (Lipinski definition) is 1. The van der Waals surface area contributed by atoms with E-state index >= 15 is 0 Å². The molecule has 11 heteroatoms. The standard InChI is InChI=1S/C33H39Cl2N3O5S/c1-4-30(33(40)36-25-11-6-5-7-12-25)37(21-24-10-8-9-13-28(24)34)32(39)22-38(26-16-19-31(43-3)29(35)20-26)44(41,42)27-17-14-23(2)15-18-27/h8-10,13-20,25,30H,4-7,11-12,21-22H2,1-3H3,(H,36,40)/t30-/m1/s1. The minimum Gasteiger partial charge on any atom is -0.495 e. The Bertz CT molecular complexity index is 1560. The maximum Gasteiger partial charge on any atom is 0.264 e. The zero-order valence-corrected chi connectivity index (χ0v) is 27.6. The zero-order chi connectivity index (χ0) is 31.9. The summed E-state index contributed by atoms with van der Waals surface area (Å²) in [7, 11) is -2.77. The van der Waals surface area contributed by atoms with Crippen molar-refractivity contribution in [3.63, 3.8) is 0 Å². The van der Waals surface area contributed by atoms with Crippen LogP contribution in [0.15, 0.2) is 71.6 Å². The average Bonchev–Trinajstić information content (AvgIpc) is 3.01. The quantitative estimate of drug-likeness (QED) is 0.232. The van der Waals surface area contributed by atoms with Gasteiger partial charge in [0.1, 0.15) is 18.3 Å². The summed E-state index contributed by atoms with van der Waals surface area (Å²) >= 11 is 12.9. The summed E-state index contributed by atoms with van der Waals surface area (Å²) in [5.41, 5.74) is 1.72. The molecule has 3 aromatic carbocycles. The number of nitrogens with one attached hydrogen (secondary N) is 1. The van der Waals surface area contributed by atoms with Gasteiger partial charge in [0.15, 0.2) is 0 Å². The summed E-state index contributed by atoms with van der Waals surface area (Å²) < 4.78 is 34.5. The molecule has 0 aliphatic heterocycles. The Morgan fingerprint density at radius 3 is 2.27 bits per heavy atom. The minimum atomic E-state index is -4.23. The van der Waals surface area contributed by atoms with Crippen LogP contribution >= 0.6 is 23.2 Å². The number of nitrogens with zero attached hydrogens (tertiary/aromatic N) is 2. The Kier molecular flexibility index (Phi) is 11.6. The fourth-order valence-electron chi connectivity index (χ4n) is 5.45. The van der Waals surface area contributed by atoms with E-state index in [-0.39, 0.29) is 34.1 Å². The molecule has 1 fully saturated rings. The SMILES string of the molecule is CC[C@H](C(=O)NC1CCCCC1)N(Cc1ccccc1Cl)C(=O)CN(c1ccc(OC)c(Cl)c1)S(=O)(=O)c1ccc(C)cc1. The highest BCUT2D eigenvalue weighted by Crippen LogP contribution is 2.32. The summed E-state index contributed by atoms with van der Waals surface area (Å²) in [5, 5.41) is 3.77. The third-order valence-corrected chi connectivity index (χ3v) is 10.4. The maximum absolute atomic E-state index is 14.3. The second-order valence-corrected chi connectivity index (χ2v) is 13.7. The Hall–Kier alpha value is -3.27. The van der Waals surface area contributed by atoms with E-state index in [1.54, 1.807) is 42.5 Å². The van der Waals surface area contributed by atoms with Gasteiger partial charge >= 0.3 is 0 Å². The molecule has 0 unspecified atom stereocenters. The molecule has 2 amide bonds. The first-order valence-electron chi connectivity index (χ1n) is 14.8. The smallest absolute Gasteiger partial charge is 0.264 e. The molecule has 4 rings (SSSR count). The lowest BCUT2D eigenvalue weighted by Crippen LogP contribution is -2.54. The van der Waals surface area contributed by atoms with Gasteiger partial charge in [-0.25, -0.2) is 8.42 Å². The molecule has 0 aromatic heterocycles. The van der Waals surface area contributed by atoms with Crippen LogP contribution in [0.3, 0.4) is 0 Å². The van der Waals surface area contributed by atoms with Gasteiger partial charge in [0.2, 0.25) is 11.8 Å². The number of aryl methyl sites for hydroxylation is 1. The molecule has 8 nitrogen and oxygen atoms in total. The van der Waals surface area contributed by atoms with E-state index < -0.39 is 28.5 Å². The van der Waals surface area contributed by atoms with Gasteiger partial charge < -0.3 is 15.0 Å². The molecule has 0 heterocycles. The van der Waals surface area contributed by atoms with Crippen LogP contribution < -0.4 is 14.4 Å². The van der Waals surface area contributed by atoms with Crippen LogP contribution in [0.1, 0.15) is 56.6 Å². The van der Waals surface area contributed by atoms with E-state index in [2.05, 4.69) is 5.32 Å². The lowest BCUT2D eigenvalue weighted by Gasteiger charge is -2.34. The van der Waals surface area contributed by atoms with Crippen molar-refractivity contribution in [3.05, 3.63) is 87.9 Å². The third-order valence-electron chi connectivity index (χ3n) is 7.95. The van der Waals surface area contributed by atoms with Crippen LogP contribution in [0.4, 0.5) is 5.69 Å². The van der Waals surface area contributed by atoms with E-state index in [1.165, 1.54) is 36.3 Å². The molecule has 236 valence electrons. The fourth-order valence-corrected chi connectivity index (χ4v) is 7.30. The van der Waals surface area contributed by atoms with Crippen molar-refractivity contribution in [2.45, 2.75) is 75.9 Å². The summed E-state index contributed by atoms with van der Waals surface area (Å²) in [5.74, 6) is -0.460. The molecule has 1 N–H and O–H groups in total. The molecule has 44 heavy (non-hydrogen) atoms. The molecule has 3 aromatic rings. The Balaban J connectivity index is 1.74. The lowest BCUT2D eigenvalue weighted by atomic mass is 9.95. The number of hydrogen-bond acceptors (Lipinski definition) is 5. The Morgan fingerprint density at radius 2 is 1.66 bits per heavy atom. The van der Waals surface area contributed by atoms with Crippen molar-refractivity contribution in [1.29, 1.82) is 0 Å². The van der Waals surface area contributed by atoms with Crippen molar-refractivity contribution in [2.24, 2.45) is 0 Å². The molecule has 0 radical (unpaired) electrons. The topological polar surface area (TPSA) is 96.0 Å². The summed E-state index contributed by atoms with van der Waals surface area (Å²) in [6.07, 6.45) is 5.33. The van der Waals surface area contributed by atoms with E-state index in [1.807, 2.05) is 13.8 Å². The van der Waals surface area contributed by atoms with Crippen LogP contribution in [0.2, 0.25) is 10.0 Å². The number of amides is 2. The molecule has 1 saturated carbocycles. The van der Waals surface area contributed by atoms with Crippen molar-refractivity contribution in [3.8, 4) is 5.75 Å². The largest absolute Gasteiger partial charge is 0.495 e. The second kappa shape index (κ2) is 15.1. The summed E-state index contributed by atoms with van der Waals surface area (Å²) in [4.78, 5) is 29.5. The minimum absolute atomic E-state index is 0.0163. The van der Waals surface area contributed by atoms with Crippen LogP contribution in [0, 0.1) is 6.92 Å². The van der Waals surface area contributed by atoms with Gasteiger partial charge in [-0.15, -0.1) is 0 Å². The van der Waals surface area contributed by atoms with Crippen molar-refractivity contribution in [2.75, 3.05) is 18.0 Å². The lowest BCUT2D eigenvalue weighted by molar-refractivity contribution is -0.140. The highest BCUT2D eigenvalue weighted by molar-refractivity contribution is 7.92. The van der Waals surface area contributed by atoms with Crippen LogP contribution in [0.25, 0.3) is 0 Å². The number of ether oxygens (including phenoxy) is 1. The number of sulfonamides is 1. The van der Waals surface area contributed by atoms with Crippen LogP contribution in [-0.2, 0) is 26.2 Å². The highest BCUT2D eigenvalue weighted by Gasteiger charge is 2.35. The van der Waals surface area contributed by atoms with Crippen LogP contribution in [-0.4, -0.2) is 50.9 Å². The maximum atomic E-state index is 14.3. The number of benzene rings is 3. The van der Waals surface area contributed by atoms with Gasteiger partial charge in [0.05, 0.1) is 22.7 Å². The average molecular weight is 661 g/mol. The number of anilines is 1. The van der Waals surface area contributed by atoms with Gasteiger partial charge in [-0.1, -0.05) is 85.3 Å². The van der Waals surface area contributed by atoms with Crippen molar-refractivity contribution < 1.29 is 22.7 Å². The van der Waals surface area contributed by atoms with E-state index in [0.29, 0.717) is 22.8 Å². The zero-order valence-electron chi connectivity index (χ0n) is 25.3. The number of carbonyl (C=O) groups excluding carboxylic acids is 2. The molecule has 1 atom stereocenters. The summed E-state index contributed by atoms with van der Waals surface area (Å²) in [6.45, 7) is 3.15. The normalized spacial score (nSPS) is 14.5. The predicted molar refractivity (Wildman–Crippen MR) is 175 cm³/mol. The predicted octanol–water partition coefficient (Wildman–Crippen LogP) is 6.76. The fraction of sp³-hybridized carbons (Fsp3) is 0.394. The van der Waals surface area contributed by atoms with Gasteiger partial charge in [0, 0.05) is 17.6 Å². The highest BCUT2D eigenvalue weighted by atomic mass is 35.5. The number of rotatable bonds is 12. The molecule has 1 aliphatic carbocycles. The van der Waals surface area contributed by atoms with Crippen LogP contribution in [0.5, 0.6) is 5.75 Å². The van der Waals surface area contributed by atoms with E-state index in [4.69, 9.17) is 27.9 Å².